The fourth-order valence-corrected chi connectivity index (χ4v) is 4.49. The Morgan fingerprint density at radius 3 is 2.70 bits per heavy atom. The van der Waals surface area contributed by atoms with Crippen molar-refractivity contribution in [2.45, 2.75) is 84.1 Å². The highest BCUT2D eigenvalue weighted by atomic mass is 32.1. The summed E-state index contributed by atoms with van der Waals surface area (Å²) in [5.41, 5.74) is 1.66. The molecule has 1 aromatic rings. The van der Waals surface area contributed by atoms with Crippen molar-refractivity contribution in [1.29, 1.82) is 0 Å². The SMILES string of the molecule is CCCCCCC(NCCC)c1cc2c(s1)CCCC2. The van der Waals surface area contributed by atoms with Crippen molar-refractivity contribution in [3.05, 3.63) is 21.4 Å². The predicted octanol–water partition coefficient (Wildman–Crippen LogP) is 5.64. The smallest absolute Gasteiger partial charge is 0.0414 e. The lowest BCUT2D eigenvalue weighted by atomic mass is 9.98. The second-order valence-electron chi connectivity index (χ2n) is 6.16. The van der Waals surface area contributed by atoms with E-state index in [2.05, 4.69) is 36.6 Å². The normalized spacial score (nSPS) is 16.1. The van der Waals surface area contributed by atoms with Crippen molar-refractivity contribution < 1.29 is 0 Å². The van der Waals surface area contributed by atoms with Gasteiger partial charge in [-0.15, -0.1) is 11.3 Å². The minimum atomic E-state index is 0.613. The molecule has 1 nitrogen and oxygen atoms in total. The quantitative estimate of drug-likeness (QED) is 0.581. The molecule has 1 N–H and O–H groups in total. The largest absolute Gasteiger partial charge is 0.309 e. The van der Waals surface area contributed by atoms with Crippen LogP contribution in [-0.2, 0) is 12.8 Å². The summed E-state index contributed by atoms with van der Waals surface area (Å²) in [7, 11) is 0. The molecule has 2 heteroatoms. The Balaban J connectivity index is 1.95. The molecule has 0 amide bonds. The number of hydrogen-bond donors (Lipinski definition) is 1. The molecule has 0 saturated carbocycles. The molecular weight excluding hydrogens is 262 g/mol. The number of rotatable bonds is 9. The predicted molar refractivity (Wildman–Crippen MR) is 90.8 cm³/mol. The zero-order valence-corrected chi connectivity index (χ0v) is 14.2. The fraction of sp³-hybridized carbons (Fsp3) is 0.778. The number of thiophene rings is 1. The van der Waals surface area contributed by atoms with Gasteiger partial charge in [-0.2, -0.15) is 0 Å². The number of nitrogens with one attached hydrogen (secondary N) is 1. The van der Waals surface area contributed by atoms with Gasteiger partial charge in [0, 0.05) is 15.8 Å². The van der Waals surface area contributed by atoms with E-state index >= 15 is 0 Å². The molecule has 1 heterocycles. The molecule has 0 radical (unpaired) electrons. The fourth-order valence-electron chi connectivity index (χ4n) is 3.12. The molecule has 0 saturated heterocycles. The molecule has 1 aromatic heterocycles. The average molecular weight is 294 g/mol. The highest BCUT2D eigenvalue weighted by molar-refractivity contribution is 7.12. The van der Waals surface area contributed by atoms with Crippen LogP contribution in [-0.4, -0.2) is 6.54 Å². The van der Waals surface area contributed by atoms with E-state index < -0.39 is 0 Å². The van der Waals surface area contributed by atoms with Gasteiger partial charge < -0.3 is 5.32 Å². The molecule has 114 valence electrons. The van der Waals surface area contributed by atoms with E-state index in [1.54, 1.807) is 15.3 Å². The molecule has 0 bridgehead atoms. The van der Waals surface area contributed by atoms with Crippen LogP contribution in [0.15, 0.2) is 6.07 Å². The van der Waals surface area contributed by atoms with Gasteiger partial charge in [0.15, 0.2) is 0 Å². The molecule has 1 aliphatic rings. The second kappa shape index (κ2) is 8.84. The van der Waals surface area contributed by atoms with Gasteiger partial charge >= 0.3 is 0 Å². The Morgan fingerprint density at radius 2 is 1.95 bits per heavy atom. The van der Waals surface area contributed by atoms with Crippen LogP contribution in [0.25, 0.3) is 0 Å². The molecule has 0 spiro atoms. The summed E-state index contributed by atoms with van der Waals surface area (Å²) in [6.07, 6.45) is 13.5. The van der Waals surface area contributed by atoms with Gasteiger partial charge in [0.05, 0.1) is 0 Å². The average Bonchev–Trinajstić information content (AvgIpc) is 2.90. The maximum Gasteiger partial charge on any atom is 0.0414 e. The molecule has 20 heavy (non-hydrogen) atoms. The monoisotopic (exact) mass is 293 g/mol. The maximum absolute atomic E-state index is 3.78. The van der Waals surface area contributed by atoms with Gasteiger partial charge in [-0.3, -0.25) is 0 Å². The molecule has 0 aromatic carbocycles. The highest BCUT2D eigenvalue weighted by Gasteiger charge is 2.18. The van der Waals surface area contributed by atoms with Gasteiger partial charge in [0.1, 0.15) is 0 Å². The van der Waals surface area contributed by atoms with E-state index in [9.17, 15) is 0 Å². The Kier molecular flexibility index (Phi) is 7.09. The van der Waals surface area contributed by atoms with E-state index in [1.807, 2.05) is 0 Å². The minimum absolute atomic E-state index is 0.613. The van der Waals surface area contributed by atoms with Crippen molar-refractivity contribution in [3.63, 3.8) is 0 Å². The Labute approximate surface area is 129 Å². The number of unbranched alkanes of at least 4 members (excludes halogenated alkanes) is 3. The lowest BCUT2D eigenvalue weighted by molar-refractivity contribution is 0.476. The van der Waals surface area contributed by atoms with Crippen LogP contribution in [0, 0.1) is 0 Å². The summed E-state index contributed by atoms with van der Waals surface area (Å²) in [6.45, 7) is 5.71. The van der Waals surface area contributed by atoms with Crippen LogP contribution >= 0.6 is 11.3 Å². The van der Waals surface area contributed by atoms with Crippen LogP contribution in [0.3, 0.4) is 0 Å². The van der Waals surface area contributed by atoms with Gasteiger partial charge in [-0.1, -0.05) is 39.5 Å². The summed E-state index contributed by atoms with van der Waals surface area (Å²) in [5, 5.41) is 3.78. The Hall–Kier alpha value is -0.340. The lowest BCUT2D eigenvalue weighted by Gasteiger charge is -2.17. The molecule has 1 atom stereocenters. The van der Waals surface area contributed by atoms with Gasteiger partial charge in [-0.25, -0.2) is 0 Å². The summed E-state index contributed by atoms with van der Waals surface area (Å²) < 4.78 is 0. The van der Waals surface area contributed by atoms with Gasteiger partial charge in [-0.05, 0) is 56.7 Å². The van der Waals surface area contributed by atoms with Gasteiger partial charge in [0.2, 0.25) is 0 Å². The van der Waals surface area contributed by atoms with Crippen molar-refractivity contribution in [1.82, 2.24) is 5.32 Å². The van der Waals surface area contributed by atoms with Crippen LogP contribution in [0.4, 0.5) is 0 Å². The maximum atomic E-state index is 3.78. The lowest BCUT2D eigenvalue weighted by Crippen LogP contribution is -2.21. The Bertz CT molecular complexity index is 359. The van der Waals surface area contributed by atoms with Crippen molar-refractivity contribution >= 4 is 11.3 Å². The van der Waals surface area contributed by atoms with Crippen LogP contribution < -0.4 is 5.32 Å². The van der Waals surface area contributed by atoms with E-state index in [-0.39, 0.29) is 0 Å². The number of fused-ring (bicyclic) bond motifs is 1. The van der Waals surface area contributed by atoms with Crippen molar-refractivity contribution in [3.8, 4) is 0 Å². The summed E-state index contributed by atoms with van der Waals surface area (Å²) in [6, 6.07) is 3.13. The van der Waals surface area contributed by atoms with Crippen molar-refractivity contribution in [2.75, 3.05) is 6.54 Å². The standard InChI is InChI=1S/C18H31NS/c1-3-5-6-7-11-16(19-13-4-2)18-14-15-10-8-9-12-17(15)20-18/h14,16,19H,3-13H2,1-2H3. The molecule has 1 aliphatic carbocycles. The van der Waals surface area contributed by atoms with E-state index in [0.29, 0.717) is 6.04 Å². The number of aryl methyl sites for hydroxylation is 2. The highest BCUT2D eigenvalue weighted by Crippen LogP contribution is 2.34. The summed E-state index contributed by atoms with van der Waals surface area (Å²) >= 11 is 2.10. The molecule has 0 aliphatic heterocycles. The molecule has 2 rings (SSSR count). The molecule has 0 fully saturated rings. The first-order chi connectivity index (χ1) is 9.85. The second-order valence-corrected chi connectivity index (χ2v) is 7.33. The van der Waals surface area contributed by atoms with Crippen LogP contribution in [0.5, 0.6) is 0 Å². The van der Waals surface area contributed by atoms with E-state index in [0.717, 1.165) is 6.54 Å². The third-order valence-corrected chi connectivity index (χ3v) is 5.70. The van der Waals surface area contributed by atoms with Crippen molar-refractivity contribution in [2.24, 2.45) is 0 Å². The first-order valence-electron chi connectivity index (χ1n) is 8.70. The number of hydrogen-bond acceptors (Lipinski definition) is 2. The topological polar surface area (TPSA) is 12.0 Å². The first-order valence-corrected chi connectivity index (χ1v) is 9.51. The van der Waals surface area contributed by atoms with E-state index in [1.165, 1.54) is 64.2 Å². The minimum Gasteiger partial charge on any atom is -0.309 e. The third kappa shape index (κ3) is 4.60. The Morgan fingerprint density at radius 1 is 1.10 bits per heavy atom. The summed E-state index contributed by atoms with van der Waals surface area (Å²) in [5.74, 6) is 0. The molecule has 1 unspecified atom stereocenters. The van der Waals surface area contributed by atoms with Crippen LogP contribution in [0.1, 0.15) is 86.6 Å². The third-order valence-electron chi connectivity index (χ3n) is 4.35. The zero-order chi connectivity index (χ0) is 14.2. The zero-order valence-electron chi connectivity index (χ0n) is 13.3. The van der Waals surface area contributed by atoms with Gasteiger partial charge in [0.25, 0.3) is 0 Å². The van der Waals surface area contributed by atoms with E-state index in [4.69, 9.17) is 0 Å². The summed E-state index contributed by atoms with van der Waals surface area (Å²) in [4.78, 5) is 3.30. The van der Waals surface area contributed by atoms with Crippen LogP contribution in [0.2, 0.25) is 0 Å². The first kappa shape index (κ1) is 16.0. The molecular formula is C18H31NS.